The highest BCUT2D eigenvalue weighted by atomic mass is 16.5. The first kappa shape index (κ1) is 14.7. The number of nitrogens with one attached hydrogen (secondary N) is 1. The molecule has 2 aliphatic heterocycles. The number of hydrogen-bond donors (Lipinski definition) is 1. The van der Waals surface area contributed by atoms with Gasteiger partial charge in [-0.3, -0.25) is 0 Å². The van der Waals surface area contributed by atoms with Crippen LogP contribution >= 0.6 is 0 Å². The average Bonchev–Trinajstić information content (AvgIpc) is 2.55. The summed E-state index contributed by atoms with van der Waals surface area (Å²) in [6, 6.07) is 6.58. The summed E-state index contributed by atoms with van der Waals surface area (Å²) in [6.45, 7) is 9.04. The summed E-state index contributed by atoms with van der Waals surface area (Å²) in [5, 5.41) is 3.39. The molecule has 1 aromatic rings. The zero-order valence-corrected chi connectivity index (χ0v) is 12.9. The van der Waals surface area contributed by atoms with Gasteiger partial charge < -0.3 is 19.7 Å². The molecule has 2 heterocycles. The number of benzene rings is 1. The number of hydrogen-bond acceptors (Lipinski definition) is 4. The maximum absolute atomic E-state index is 6.03. The summed E-state index contributed by atoms with van der Waals surface area (Å²) in [5.41, 5.74) is 2.55. The summed E-state index contributed by atoms with van der Waals surface area (Å²) in [5.74, 6) is 1.67. The van der Waals surface area contributed by atoms with E-state index < -0.39 is 0 Å². The Balaban J connectivity index is 1.58. The van der Waals surface area contributed by atoms with Crippen molar-refractivity contribution in [2.75, 3.05) is 50.9 Å². The van der Waals surface area contributed by atoms with E-state index >= 15 is 0 Å². The second-order valence-corrected chi connectivity index (χ2v) is 6.05. The molecule has 1 N–H and O–H groups in total. The molecule has 21 heavy (non-hydrogen) atoms. The molecule has 4 heteroatoms. The van der Waals surface area contributed by atoms with Gasteiger partial charge in [0, 0.05) is 45.1 Å². The maximum Gasteiger partial charge on any atom is 0.122 e. The van der Waals surface area contributed by atoms with Gasteiger partial charge in [0.15, 0.2) is 0 Å². The number of piperazine rings is 1. The van der Waals surface area contributed by atoms with E-state index in [9.17, 15) is 0 Å². The second-order valence-electron chi connectivity index (χ2n) is 6.05. The molecule has 0 bridgehead atoms. The first-order valence-corrected chi connectivity index (χ1v) is 8.10. The Labute approximate surface area is 127 Å². The minimum atomic E-state index is 0.644. The molecule has 0 aliphatic carbocycles. The highest BCUT2D eigenvalue weighted by molar-refractivity contribution is 5.53. The molecular formula is C17H26N2O2. The van der Waals surface area contributed by atoms with Gasteiger partial charge in [-0.1, -0.05) is 0 Å². The Bertz CT molecular complexity index is 452. The molecule has 1 aromatic carbocycles. The first-order chi connectivity index (χ1) is 10.3. The Hall–Kier alpha value is -1.26. The summed E-state index contributed by atoms with van der Waals surface area (Å²) >= 11 is 0. The Kier molecular flexibility index (Phi) is 4.99. The van der Waals surface area contributed by atoms with Crippen LogP contribution in [0.4, 0.5) is 5.69 Å². The van der Waals surface area contributed by atoms with Crippen molar-refractivity contribution < 1.29 is 9.47 Å². The van der Waals surface area contributed by atoms with Gasteiger partial charge in [0.1, 0.15) is 5.75 Å². The molecule has 0 radical (unpaired) electrons. The van der Waals surface area contributed by atoms with Gasteiger partial charge in [-0.25, -0.2) is 0 Å². The number of ether oxygens (including phenoxy) is 2. The lowest BCUT2D eigenvalue weighted by atomic mass is 10.0. The van der Waals surface area contributed by atoms with Crippen molar-refractivity contribution in [1.82, 2.24) is 5.32 Å². The van der Waals surface area contributed by atoms with E-state index in [1.165, 1.54) is 11.3 Å². The van der Waals surface area contributed by atoms with Crippen LogP contribution in [0.1, 0.15) is 18.4 Å². The molecule has 4 nitrogen and oxygen atoms in total. The zero-order chi connectivity index (χ0) is 14.5. The molecule has 0 amide bonds. The Morgan fingerprint density at radius 1 is 1.24 bits per heavy atom. The van der Waals surface area contributed by atoms with E-state index in [0.29, 0.717) is 5.92 Å². The van der Waals surface area contributed by atoms with E-state index in [1.807, 2.05) is 0 Å². The highest BCUT2D eigenvalue weighted by Gasteiger charge is 2.16. The van der Waals surface area contributed by atoms with Crippen molar-refractivity contribution in [2.24, 2.45) is 5.92 Å². The van der Waals surface area contributed by atoms with Crippen LogP contribution < -0.4 is 15.0 Å². The van der Waals surface area contributed by atoms with Crippen molar-refractivity contribution in [3.05, 3.63) is 23.8 Å². The van der Waals surface area contributed by atoms with Crippen molar-refractivity contribution in [1.29, 1.82) is 0 Å². The van der Waals surface area contributed by atoms with Crippen LogP contribution in [0.3, 0.4) is 0 Å². The quantitative estimate of drug-likeness (QED) is 0.922. The monoisotopic (exact) mass is 290 g/mol. The molecule has 116 valence electrons. The molecule has 0 saturated carbocycles. The van der Waals surface area contributed by atoms with Crippen LogP contribution in [-0.4, -0.2) is 46.0 Å². The molecule has 2 fully saturated rings. The van der Waals surface area contributed by atoms with Crippen molar-refractivity contribution >= 4 is 5.69 Å². The molecule has 2 saturated heterocycles. The fourth-order valence-corrected chi connectivity index (χ4v) is 3.04. The number of aryl methyl sites for hydroxylation is 1. The van der Waals surface area contributed by atoms with Crippen molar-refractivity contribution in [3.8, 4) is 5.75 Å². The summed E-state index contributed by atoms with van der Waals surface area (Å²) < 4.78 is 11.4. The maximum atomic E-state index is 6.03. The standard InChI is InChI=1S/C17H26N2O2/c1-14-12-16(19-8-6-18-7-9-19)2-3-17(14)21-13-15-4-10-20-11-5-15/h2-3,12,15,18H,4-11,13H2,1H3. The predicted molar refractivity (Wildman–Crippen MR) is 85.3 cm³/mol. The van der Waals surface area contributed by atoms with Gasteiger partial charge in [-0.2, -0.15) is 0 Å². The summed E-state index contributed by atoms with van der Waals surface area (Å²) in [7, 11) is 0. The van der Waals surface area contributed by atoms with Gasteiger partial charge in [-0.05, 0) is 49.4 Å². The molecule has 0 aromatic heterocycles. The van der Waals surface area contributed by atoms with Crippen LogP contribution in [0, 0.1) is 12.8 Å². The third-order valence-electron chi connectivity index (χ3n) is 4.46. The lowest BCUT2D eigenvalue weighted by Gasteiger charge is -2.30. The Morgan fingerprint density at radius 2 is 2.00 bits per heavy atom. The van der Waals surface area contributed by atoms with Gasteiger partial charge in [0.2, 0.25) is 0 Å². The minimum Gasteiger partial charge on any atom is -0.493 e. The highest BCUT2D eigenvalue weighted by Crippen LogP contribution is 2.26. The second kappa shape index (κ2) is 7.14. The summed E-state index contributed by atoms with van der Waals surface area (Å²) in [6.07, 6.45) is 2.25. The van der Waals surface area contributed by atoms with Gasteiger partial charge in [0.05, 0.1) is 6.61 Å². The number of nitrogens with zero attached hydrogens (tertiary/aromatic N) is 1. The van der Waals surface area contributed by atoms with E-state index in [2.05, 4.69) is 35.3 Å². The third kappa shape index (κ3) is 3.89. The fourth-order valence-electron chi connectivity index (χ4n) is 3.04. The van der Waals surface area contributed by atoms with Crippen LogP contribution in [0.25, 0.3) is 0 Å². The lowest BCUT2D eigenvalue weighted by Crippen LogP contribution is -2.43. The van der Waals surface area contributed by atoms with Crippen LogP contribution in [0.5, 0.6) is 5.75 Å². The number of rotatable bonds is 4. The first-order valence-electron chi connectivity index (χ1n) is 8.10. The summed E-state index contributed by atoms with van der Waals surface area (Å²) in [4.78, 5) is 2.44. The lowest BCUT2D eigenvalue weighted by molar-refractivity contribution is 0.0496. The van der Waals surface area contributed by atoms with Gasteiger partial charge in [-0.15, -0.1) is 0 Å². The van der Waals surface area contributed by atoms with Gasteiger partial charge in [0.25, 0.3) is 0 Å². The number of anilines is 1. The van der Waals surface area contributed by atoms with Crippen molar-refractivity contribution in [3.63, 3.8) is 0 Å². The zero-order valence-electron chi connectivity index (χ0n) is 12.9. The van der Waals surface area contributed by atoms with Gasteiger partial charge >= 0.3 is 0 Å². The largest absolute Gasteiger partial charge is 0.493 e. The van der Waals surface area contributed by atoms with Crippen LogP contribution in [0.2, 0.25) is 0 Å². The SMILES string of the molecule is Cc1cc(N2CCNCC2)ccc1OCC1CCOCC1. The smallest absolute Gasteiger partial charge is 0.122 e. The topological polar surface area (TPSA) is 33.7 Å². The molecule has 0 atom stereocenters. The molecular weight excluding hydrogens is 264 g/mol. The molecule has 2 aliphatic rings. The van der Waals surface area contributed by atoms with Crippen LogP contribution in [-0.2, 0) is 4.74 Å². The minimum absolute atomic E-state index is 0.644. The average molecular weight is 290 g/mol. The normalized spacial score (nSPS) is 20.5. The van der Waals surface area contributed by atoms with E-state index in [4.69, 9.17) is 9.47 Å². The fraction of sp³-hybridized carbons (Fsp3) is 0.647. The third-order valence-corrected chi connectivity index (χ3v) is 4.46. The van der Waals surface area contributed by atoms with E-state index in [0.717, 1.165) is 64.6 Å². The predicted octanol–water partition coefficient (Wildman–Crippen LogP) is 2.21. The Morgan fingerprint density at radius 3 is 2.71 bits per heavy atom. The molecule has 0 unspecified atom stereocenters. The van der Waals surface area contributed by atoms with E-state index in [-0.39, 0.29) is 0 Å². The molecule has 0 spiro atoms. The molecule has 3 rings (SSSR count). The van der Waals surface area contributed by atoms with Crippen LogP contribution in [0.15, 0.2) is 18.2 Å². The van der Waals surface area contributed by atoms with Crippen molar-refractivity contribution in [2.45, 2.75) is 19.8 Å². The van der Waals surface area contributed by atoms with E-state index in [1.54, 1.807) is 0 Å².